The Bertz CT molecular complexity index is 722. The van der Waals surface area contributed by atoms with E-state index in [0.717, 1.165) is 28.1 Å². The fourth-order valence-electron chi connectivity index (χ4n) is 2.63. The van der Waals surface area contributed by atoms with Crippen molar-refractivity contribution in [3.63, 3.8) is 0 Å². The zero-order valence-corrected chi connectivity index (χ0v) is 15.7. The molecular weight excluding hydrogens is 332 g/mol. The maximum absolute atomic E-state index is 12.1. The number of anilines is 1. The Morgan fingerprint density at radius 3 is 2.24 bits per heavy atom. The first-order chi connectivity index (χ1) is 12.0. The third-order valence-corrected chi connectivity index (χ3v) is 4.74. The van der Waals surface area contributed by atoms with Crippen LogP contribution in [0.25, 0.3) is 0 Å². The number of carbonyl (C=O) groups excluding carboxylic acids is 2. The SMILES string of the molecule is Cc1cc(C)c(NC(=O)CNC(=O)CSCc2ccccc2)c(C)c1. The average molecular weight is 356 g/mol. The third-order valence-electron chi connectivity index (χ3n) is 3.73. The second-order valence-corrected chi connectivity index (χ2v) is 7.06. The molecule has 0 fully saturated rings. The summed E-state index contributed by atoms with van der Waals surface area (Å²) in [7, 11) is 0. The Kier molecular flexibility index (Phi) is 7.07. The molecule has 2 amide bonds. The van der Waals surface area contributed by atoms with Crippen molar-refractivity contribution in [2.24, 2.45) is 0 Å². The van der Waals surface area contributed by atoms with Crippen LogP contribution >= 0.6 is 11.8 Å². The minimum Gasteiger partial charge on any atom is -0.346 e. The summed E-state index contributed by atoms with van der Waals surface area (Å²) in [4.78, 5) is 23.9. The van der Waals surface area contributed by atoms with Gasteiger partial charge in [-0.2, -0.15) is 0 Å². The lowest BCUT2D eigenvalue weighted by Gasteiger charge is -2.13. The molecule has 0 spiro atoms. The normalized spacial score (nSPS) is 10.4. The summed E-state index contributed by atoms with van der Waals surface area (Å²) < 4.78 is 0. The van der Waals surface area contributed by atoms with Crippen LogP contribution in [0.1, 0.15) is 22.3 Å². The van der Waals surface area contributed by atoms with E-state index < -0.39 is 0 Å². The summed E-state index contributed by atoms with van der Waals surface area (Å²) >= 11 is 1.53. The molecule has 0 saturated carbocycles. The second kappa shape index (κ2) is 9.28. The molecular formula is C20H24N2O2S. The van der Waals surface area contributed by atoms with Crippen LogP contribution in [-0.2, 0) is 15.3 Å². The maximum atomic E-state index is 12.1. The molecule has 0 saturated heterocycles. The van der Waals surface area contributed by atoms with Gasteiger partial charge in [-0.1, -0.05) is 48.0 Å². The summed E-state index contributed by atoms with van der Waals surface area (Å²) in [6, 6.07) is 14.1. The minimum atomic E-state index is -0.212. The Balaban J connectivity index is 1.73. The minimum absolute atomic E-state index is 0.0164. The Morgan fingerprint density at radius 2 is 1.60 bits per heavy atom. The van der Waals surface area contributed by atoms with Crippen molar-refractivity contribution in [2.45, 2.75) is 26.5 Å². The molecule has 0 bridgehead atoms. The molecule has 0 atom stereocenters. The van der Waals surface area contributed by atoms with Gasteiger partial charge >= 0.3 is 0 Å². The predicted molar refractivity (Wildman–Crippen MR) is 105 cm³/mol. The zero-order chi connectivity index (χ0) is 18.2. The van der Waals surface area contributed by atoms with Gasteiger partial charge in [0, 0.05) is 11.4 Å². The van der Waals surface area contributed by atoms with E-state index in [1.165, 1.54) is 17.3 Å². The molecule has 2 N–H and O–H groups in total. The Labute approximate surface area is 153 Å². The van der Waals surface area contributed by atoms with Crippen LogP contribution in [0.2, 0.25) is 0 Å². The van der Waals surface area contributed by atoms with Crippen LogP contribution in [0, 0.1) is 20.8 Å². The highest BCUT2D eigenvalue weighted by atomic mass is 32.2. The van der Waals surface area contributed by atoms with Gasteiger partial charge in [0.25, 0.3) is 0 Å². The number of rotatable bonds is 7. The fourth-order valence-corrected chi connectivity index (χ4v) is 3.44. The van der Waals surface area contributed by atoms with E-state index in [4.69, 9.17) is 0 Å². The maximum Gasteiger partial charge on any atom is 0.243 e. The number of amides is 2. The van der Waals surface area contributed by atoms with Crippen LogP contribution in [0.5, 0.6) is 0 Å². The number of hydrogen-bond acceptors (Lipinski definition) is 3. The summed E-state index contributed by atoms with van der Waals surface area (Å²) in [6.07, 6.45) is 0. The first-order valence-electron chi connectivity index (χ1n) is 8.22. The smallest absolute Gasteiger partial charge is 0.243 e. The largest absolute Gasteiger partial charge is 0.346 e. The van der Waals surface area contributed by atoms with E-state index in [2.05, 4.69) is 10.6 Å². The number of thioether (sulfide) groups is 1. The highest BCUT2D eigenvalue weighted by Gasteiger charge is 2.10. The topological polar surface area (TPSA) is 58.2 Å². The molecule has 0 aliphatic carbocycles. The molecule has 0 heterocycles. The molecule has 25 heavy (non-hydrogen) atoms. The van der Waals surface area contributed by atoms with Gasteiger partial charge in [-0.3, -0.25) is 9.59 Å². The second-order valence-electron chi connectivity index (χ2n) is 6.08. The monoisotopic (exact) mass is 356 g/mol. The van der Waals surface area contributed by atoms with E-state index in [0.29, 0.717) is 5.75 Å². The summed E-state index contributed by atoms with van der Waals surface area (Å²) in [5.41, 5.74) is 5.22. The molecule has 2 aromatic rings. The molecule has 0 aliphatic heterocycles. The third kappa shape index (κ3) is 6.27. The summed E-state index contributed by atoms with van der Waals surface area (Å²) in [5, 5.41) is 5.55. The lowest BCUT2D eigenvalue weighted by Crippen LogP contribution is -2.34. The van der Waals surface area contributed by atoms with Crippen molar-refractivity contribution in [3.05, 3.63) is 64.7 Å². The van der Waals surface area contributed by atoms with Gasteiger partial charge < -0.3 is 10.6 Å². The molecule has 4 nitrogen and oxygen atoms in total. The number of nitrogens with one attached hydrogen (secondary N) is 2. The van der Waals surface area contributed by atoms with Crippen molar-refractivity contribution in [1.29, 1.82) is 0 Å². The van der Waals surface area contributed by atoms with Gasteiger partial charge in [0.2, 0.25) is 11.8 Å². The molecule has 0 radical (unpaired) electrons. The quantitative estimate of drug-likeness (QED) is 0.797. The van der Waals surface area contributed by atoms with Crippen LogP contribution in [0.3, 0.4) is 0 Å². The van der Waals surface area contributed by atoms with E-state index in [9.17, 15) is 9.59 Å². The van der Waals surface area contributed by atoms with Crippen LogP contribution < -0.4 is 10.6 Å². The highest BCUT2D eigenvalue weighted by Crippen LogP contribution is 2.21. The van der Waals surface area contributed by atoms with E-state index >= 15 is 0 Å². The number of hydrogen-bond donors (Lipinski definition) is 2. The highest BCUT2D eigenvalue weighted by molar-refractivity contribution is 7.99. The van der Waals surface area contributed by atoms with Crippen molar-refractivity contribution in [1.82, 2.24) is 5.32 Å². The van der Waals surface area contributed by atoms with E-state index in [-0.39, 0.29) is 18.4 Å². The van der Waals surface area contributed by atoms with Crippen molar-refractivity contribution in [2.75, 3.05) is 17.6 Å². The van der Waals surface area contributed by atoms with Gasteiger partial charge in [0.05, 0.1) is 12.3 Å². The Morgan fingerprint density at radius 1 is 0.960 bits per heavy atom. The van der Waals surface area contributed by atoms with E-state index in [1.54, 1.807) is 0 Å². The first kappa shape index (κ1) is 19.1. The number of carbonyl (C=O) groups is 2. The molecule has 2 rings (SSSR count). The zero-order valence-electron chi connectivity index (χ0n) is 14.9. The fraction of sp³-hybridized carbons (Fsp3) is 0.300. The van der Waals surface area contributed by atoms with Gasteiger partial charge in [-0.15, -0.1) is 11.8 Å². The standard InChI is InChI=1S/C20H24N2O2S/c1-14-9-15(2)20(16(3)10-14)22-18(23)11-21-19(24)13-25-12-17-7-5-4-6-8-17/h4-10H,11-13H2,1-3H3,(H,21,24)(H,22,23). The van der Waals surface area contributed by atoms with Gasteiger partial charge in [0.1, 0.15) is 0 Å². The lowest BCUT2D eigenvalue weighted by molar-refractivity contribution is -0.122. The molecule has 5 heteroatoms. The van der Waals surface area contributed by atoms with Crippen molar-refractivity contribution < 1.29 is 9.59 Å². The average Bonchev–Trinajstić information content (AvgIpc) is 2.57. The van der Waals surface area contributed by atoms with Crippen LogP contribution in [0.15, 0.2) is 42.5 Å². The van der Waals surface area contributed by atoms with Crippen molar-refractivity contribution >= 4 is 29.3 Å². The van der Waals surface area contributed by atoms with Crippen LogP contribution in [-0.4, -0.2) is 24.1 Å². The van der Waals surface area contributed by atoms with Gasteiger partial charge in [-0.05, 0) is 37.5 Å². The summed E-state index contributed by atoms with van der Waals surface area (Å²) in [5.74, 6) is 0.775. The van der Waals surface area contributed by atoms with Gasteiger partial charge in [-0.25, -0.2) is 0 Å². The first-order valence-corrected chi connectivity index (χ1v) is 9.37. The van der Waals surface area contributed by atoms with Crippen molar-refractivity contribution in [3.8, 4) is 0 Å². The van der Waals surface area contributed by atoms with E-state index in [1.807, 2.05) is 63.2 Å². The molecule has 2 aromatic carbocycles. The molecule has 0 aromatic heterocycles. The lowest BCUT2D eigenvalue weighted by atomic mass is 10.1. The summed E-state index contributed by atoms with van der Waals surface area (Å²) in [6.45, 7) is 5.94. The molecule has 0 aliphatic rings. The van der Waals surface area contributed by atoms with Crippen LogP contribution in [0.4, 0.5) is 5.69 Å². The molecule has 0 unspecified atom stereocenters. The number of benzene rings is 2. The molecule has 132 valence electrons. The predicted octanol–water partition coefficient (Wildman–Crippen LogP) is 3.60. The number of aryl methyl sites for hydroxylation is 3. The Hall–Kier alpha value is -2.27. The van der Waals surface area contributed by atoms with Gasteiger partial charge in [0.15, 0.2) is 0 Å².